The number of nitrogens with zero attached hydrogens (tertiary/aromatic N) is 1. The van der Waals surface area contributed by atoms with Gasteiger partial charge in [0.25, 0.3) is 11.8 Å². The molecule has 1 rings (SSSR count). The van der Waals surface area contributed by atoms with Gasteiger partial charge < -0.3 is 0 Å². The van der Waals surface area contributed by atoms with E-state index in [9.17, 15) is 9.59 Å². The molecule has 1 aliphatic heterocycles. The van der Waals surface area contributed by atoms with Crippen molar-refractivity contribution in [1.82, 2.24) is 4.90 Å². The molecule has 0 aromatic rings. The molecule has 0 aliphatic carbocycles. The molecule has 0 atom stereocenters. The number of imide groups is 1. The number of amides is 2. The van der Waals surface area contributed by atoms with Crippen molar-refractivity contribution in [1.29, 1.82) is 0 Å². The molecular formula is C19H33NO6. The Kier molecular flexibility index (Phi) is 7.53. The van der Waals surface area contributed by atoms with Gasteiger partial charge in [-0.2, -0.15) is 9.78 Å². The van der Waals surface area contributed by atoms with Gasteiger partial charge in [-0.15, -0.1) is 0 Å². The molecule has 7 nitrogen and oxygen atoms in total. The van der Waals surface area contributed by atoms with E-state index in [0.29, 0.717) is 5.57 Å². The highest BCUT2D eigenvalue weighted by Crippen LogP contribution is 2.27. The SMILES string of the molecule is CCC(C)(C)OOC(C)(CCN1C(=O)C=C(C)C1=O)OOC(C)(C)CC. The summed E-state index contributed by atoms with van der Waals surface area (Å²) in [6.07, 6.45) is 2.99. The fraction of sp³-hybridized carbons (Fsp3) is 0.789. The average Bonchev–Trinajstić information content (AvgIpc) is 2.82. The summed E-state index contributed by atoms with van der Waals surface area (Å²) in [4.78, 5) is 47.3. The normalized spacial score (nSPS) is 16.5. The standard InChI is InChI=1S/C19H33NO6/c1-9-17(4,5)23-25-19(8,26-24-18(6,7)10-2)11-12-20-15(21)13-14(3)16(20)22/h13H,9-12H2,1-8H3. The van der Waals surface area contributed by atoms with E-state index >= 15 is 0 Å². The summed E-state index contributed by atoms with van der Waals surface area (Å²) in [5.41, 5.74) is -0.602. The van der Waals surface area contributed by atoms with Crippen LogP contribution >= 0.6 is 0 Å². The second-order valence-corrected chi connectivity index (χ2v) is 8.07. The first-order valence-electron chi connectivity index (χ1n) is 9.12. The van der Waals surface area contributed by atoms with E-state index in [4.69, 9.17) is 19.6 Å². The zero-order valence-electron chi connectivity index (χ0n) is 17.3. The summed E-state index contributed by atoms with van der Waals surface area (Å²) in [5, 5.41) is 0. The van der Waals surface area contributed by atoms with Crippen LogP contribution < -0.4 is 0 Å². The maximum atomic E-state index is 12.1. The molecule has 0 fully saturated rings. The molecule has 0 aromatic carbocycles. The number of hydrogen-bond donors (Lipinski definition) is 0. The van der Waals surface area contributed by atoms with Crippen molar-refractivity contribution in [2.75, 3.05) is 6.54 Å². The third-order valence-electron chi connectivity index (χ3n) is 4.57. The van der Waals surface area contributed by atoms with Gasteiger partial charge in [0.05, 0.1) is 11.2 Å². The van der Waals surface area contributed by atoms with Crippen LogP contribution in [0.3, 0.4) is 0 Å². The molecule has 1 heterocycles. The molecule has 7 heteroatoms. The summed E-state index contributed by atoms with van der Waals surface area (Å²) in [5.74, 6) is -1.92. The third-order valence-corrected chi connectivity index (χ3v) is 4.57. The molecule has 26 heavy (non-hydrogen) atoms. The summed E-state index contributed by atoms with van der Waals surface area (Å²) >= 11 is 0. The van der Waals surface area contributed by atoms with Crippen LogP contribution in [0.4, 0.5) is 0 Å². The maximum Gasteiger partial charge on any atom is 0.256 e. The van der Waals surface area contributed by atoms with Crippen LogP contribution in [0.1, 0.15) is 74.7 Å². The first-order chi connectivity index (χ1) is 11.8. The lowest BCUT2D eigenvalue weighted by molar-refractivity contribution is -0.539. The van der Waals surface area contributed by atoms with Crippen molar-refractivity contribution in [2.24, 2.45) is 0 Å². The first-order valence-corrected chi connectivity index (χ1v) is 9.12. The van der Waals surface area contributed by atoms with E-state index in [1.54, 1.807) is 13.8 Å². The Labute approximate surface area is 156 Å². The van der Waals surface area contributed by atoms with Crippen LogP contribution in [0.2, 0.25) is 0 Å². The Morgan fingerprint density at radius 2 is 1.35 bits per heavy atom. The zero-order valence-corrected chi connectivity index (χ0v) is 17.3. The number of rotatable bonds is 11. The van der Waals surface area contributed by atoms with E-state index in [1.165, 1.54) is 6.08 Å². The predicted octanol–water partition coefficient (Wildman–Crippen LogP) is 3.68. The van der Waals surface area contributed by atoms with Gasteiger partial charge in [0.2, 0.25) is 5.79 Å². The smallest absolute Gasteiger partial charge is 0.256 e. The van der Waals surface area contributed by atoms with Crippen LogP contribution in [0, 0.1) is 0 Å². The molecule has 2 amide bonds. The molecule has 150 valence electrons. The molecule has 0 N–H and O–H groups in total. The van der Waals surface area contributed by atoms with Crippen LogP contribution in [0.15, 0.2) is 11.6 Å². The van der Waals surface area contributed by atoms with Crippen LogP contribution in [-0.2, 0) is 29.1 Å². The Balaban J connectivity index is 2.79. The largest absolute Gasteiger partial charge is 0.275 e. The monoisotopic (exact) mass is 371 g/mol. The molecular weight excluding hydrogens is 338 g/mol. The van der Waals surface area contributed by atoms with Gasteiger partial charge in [-0.3, -0.25) is 14.5 Å². The van der Waals surface area contributed by atoms with Gasteiger partial charge in [0, 0.05) is 24.6 Å². The quantitative estimate of drug-likeness (QED) is 0.239. The van der Waals surface area contributed by atoms with Crippen molar-refractivity contribution in [2.45, 2.75) is 91.6 Å². The molecule has 0 aromatic heterocycles. The van der Waals surface area contributed by atoms with Crippen LogP contribution in [0.5, 0.6) is 0 Å². The molecule has 0 spiro atoms. The number of hydrogen-bond acceptors (Lipinski definition) is 6. The lowest BCUT2D eigenvalue weighted by atomic mass is 10.1. The topological polar surface area (TPSA) is 74.3 Å². The molecule has 0 saturated heterocycles. The molecule has 0 bridgehead atoms. The first kappa shape index (κ1) is 22.8. The van der Waals surface area contributed by atoms with E-state index in [0.717, 1.165) is 17.7 Å². The summed E-state index contributed by atoms with van der Waals surface area (Å²) in [6, 6.07) is 0. The lowest BCUT2D eigenvalue weighted by Crippen LogP contribution is -2.43. The van der Waals surface area contributed by atoms with Crippen LogP contribution in [0.25, 0.3) is 0 Å². The summed E-state index contributed by atoms with van der Waals surface area (Å²) in [7, 11) is 0. The molecule has 1 aliphatic rings. The highest BCUT2D eigenvalue weighted by atomic mass is 17.3. The lowest BCUT2D eigenvalue weighted by Gasteiger charge is -2.34. The van der Waals surface area contributed by atoms with E-state index in [1.807, 2.05) is 41.5 Å². The fourth-order valence-corrected chi connectivity index (χ4v) is 1.78. The van der Waals surface area contributed by atoms with E-state index in [2.05, 4.69) is 0 Å². The van der Waals surface area contributed by atoms with Gasteiger partial charge in [-0.05, 0) is 54.4 Å². The van der Waals surface area contributed by atoms with Crippen molar-refractivity contribution in [3.8, 4) is 0 Å². The molecule has 0 radical (unpaired) electrons. The van der Waals surface area contributed by atoms with Gasteiger partial charge in [-0.1, -0.05) is 13.8 Å². The van der Waals surface area contributed by atoms with Crippen molar-refractivity contribution in [3.63, 3.8) is 0 Å². The highest BCUT2D eigenvalue weighted by Gasteiger charge is 2.37. The van der Waals surface area contributed by atoms with Crippen LogP contribution in [-0.4, -0.2) is 40.2 Å². The van der Waals surface area contributed by atoms with Gasteiger partial charge in [-0.25, -0.2) is 9.78 Å². The van der Waals surface area contributed by atoms with Crippen molar-refractivity contribution >= 4 is 11.8 Å². The Morgan fingerprint density at radius 3 is 1.69 bits per heavy atom. The highest BCUT2D eigenvalue weighted by molar-refractivity contribution is 6.15. The average molecular weight is 371 g/mol. The van der Waals surface area contributed by atoms with E-state index < -0.39 is 17.0 Å². The summed E-state index contributed by atoms with van der Waals surface area (Å²) in [6.45, 7) is 14.9. The van der Waals surface area contributed by atoms with Gasteiger partial charge in [0.1, 0.15) is 0 Å². The maximum absolute atomic E-state index is 12.1. The minimum absolute atomic E-state index is 0.133. The van der Waals surface area contributed by atoms with E-state index in [-0.39, 0.29) is 24.8 Å². The van der Waals surface area contributed by atoms with Crippen molar-refractivity contribution in [3.05, 3.63) is 11.6 Å². The van der Waals surface area contributed by atoms with Crippen molar-refractivity contribution < 1.29 is 29.1 Å². The fourth-order valence-electron chi connectivity index (χ4n) is 1.78. The second kappa shape index (κ2) is 8.61. The number of carbonyl (C=O) groups is 2. The third kappa shape index (κ3) is 6.46. The minimum Gasteiger partial charge on any atom is -0.275 e. The zero-order chi connectivity index (χ0) is 20.2. The molecule has 0 saturated carbocycles. The molecule has 0 unspecified atom stereocenters. The number of carbonyl (C=O) groups excluding carboxylic acids is 2. The van der Waals surface area contributed by atoms with Gasteiger partial charge in [0.15, 0.2) is 0 Å². The van der Waals surface area contributed by atoms with Gasteiger partial charge >= 0.3 is 0 Å². The minimum atomic E-state index is -1.28. The Hall–Kier alpha value is -1.28. The Morgan fingerprint density at radius 1 is 0.885 bits per heavy atom. The summed E-state index contributed by atoms with van der Waals surface area (Å²) < 4.78 is 0. The second-order valence-electron chi connectivity index (χ2n) is 8.07. The Bertz CT molecular complexity index is 532. The predicted molar refractivity (Wildman–Crippen MR) is 96.6 cm³/mol.